The lowest BCUT2D eigenvalue weighted by molar-refractivity contribution is -0.118. The number of hydrogen-bond donors (Lipinski definition) is 2. The van der Waals surface area contributed by atoms with Crippen LogP contribution in [0.5, 0.6) is 0 Å². The SMILES string of the molecule is Cc1c(NC(=O)[C@@H](C)n2cnc3ccccc32)cccc1C(=O)NC(C)(C)C. The Morgan fingerprint density at radius 2 is 1.79 bits per heavy atom. The van der Waals surface area contributed by atoms with E-state index in [1.165, 1.54) is 0 Å². The number of aromatic nitrogens is 2. The minimum Gasteiger partial charge on any atom is -0.347 e. The molecule has 3 aromatic rings. The zero-order valence-corrected chi connectivity index (χ0v) is 16.9. The first-order valence-corrected chi connectivity index (χ1v) is 9.32. The van der Waals surface area contributed by atoms with Crippen LogP contribution in [-0.4, -0.2) is 26.9 Å². The molecule has 0 aliphatic heterocycles. The highest BCUT2D eigenvalue weighted by Crippen LogP contribution is 2.23. The molecule has 0 radical (unpaired) electrons. The molecule has 1 atom stereocenters. The lowest BCUT2D eigenvalue weighted by Gasteiger charge is -2.22. The van der Waals surface area contributed by atoms with Gasteiger partial charge in [0.15, 0.2) is 0 Å². The lowest BCUT2D eigenvalue weighted by atomic mass is 10.0. The van der Waals surface area contributed by atoms with E-state index >= 15 is 0 Å². The van der Waals surface area contributed by atoms with Crippen LogP contribution in [0.4, 0.5) is 5.69 Å². The van der Waals surface area contributed by atoms with E-state index in [0.29, 0.717) is 11.3 Å². The Labute approximate surface area is 165 Å². The number of benzene rings is 2. The van der Waals surface area contributed by atoms with Crippen molar-refractivity contribution >= 4 is 28.5 Å². The standard InChI is InChI=1S/C22H26N4O2/c1-14-16(21(28)25-22(3,4)5)9-8-11-17(14)24-20(27)15(2)26-13-23-18-10-6-7-12-19(18)26/h6-13,15H,1-5H3,(H,24,27)(H,25,28)/t15-/m1/s1. The maximum Gasteiger partial charge on any atom is 0.252 e. The van der Waals surface area contributed by atoms with E-state index in [4.69, 9.17) is 0 Å². The molecule has 1 aromatic heterocycles. The highest BCUT2D eigenvalue weighted by Gasteiger charge is 2.21. The highest BCUT2D eigenvalue weighted by atomic mass is 16.2. The fourth-order valence-corrected chi connectivity index (χ4v) is 3.08. The van der Waals surface area contributed by atoms with E-state index in [9.17, 15) is 9.59 Å². The van der Waals surface area contributed by atoms with Crippen LogP contribution in [0.25, 0.3) is 11.0 Å². The van der Waals surface area contributed by atoms with Crippen molar-refractivity contribution in [2.45, 2.75) is 46.2 Å². The monoisotopic (exact) mass is 378 g/mol. The molecule has 0 fully saturated rings. The summed E-state index contributed by atoms with van der Waals surface area (Å²) in [7, 11) is 0. The van der Waals surface area contributed by atoms with Crippen molar-refractivity contribution in [1.82, 2.24) is 14.9 Å². The van der Waals surface area contributed by atoms with Crippen molar-refractivity contribution < 1.29 is 9.59 Å². The summed E-state index contributed by atoms with van der Waals surface area (Å²) in [6, 6.07) is 12.6. The molecule has 2 aromatic carbocycles. The fraction of sp³-hybridized carbons (Fsp3) is 0.318. The summed E-state index contributed by atoms with van der Waals surface area (Å²) < 4.78 is 1.84. The van der Waals surface area contributed by atoms with Crippen LogP contribution in [0, 0.1) is 6.92 Å². The van der Waals surface area contributed by atoms with Gasteiger partial charge in [-0.3, -0.25) is 9.59 Å². The molecule has 3 rings (SSSR count). The quantitative estimate of drug-likeness (QED) is 0.718. The van der Waals surface area contributed by atoms with E-state index in [2.05, 4.69) is 15.6 Å². The van der Waals surface area contributed by atoms with Crippen molar-refractivity contribution in [2.75, 3.05) is 5.32 Å². The van der Waals surface area contributed by atoms with Crippen LogP contribution < -0.4 is 10.6 Å². The summed E-state index contributed by atoms with van der Waals surface area (Å²) in [6.07, 6.45) is 1.68. The highest BCUT2D eigenvalue weighted by molar-refractivity contribution is 6.00. The molecule has 146 valence electrons. The third-order valence-electron chi connectivity index (χ3n) is 4.60. The number of para-hydroxylation sites is 2. The van der Waals surface area contributed by atoms with E-state index in [1.54, 1.807) is 24.5 Å². The maximum atomic E-state index is 12.9. The number of anilines is 1. The van der Waals surface area contributed by atoms with Gasteiger partial charge in [0.1, 0.15) is 6.04 Å². The summed E-state index contributed by atoms with van der Waals surface area (Å²) in [5.41, 5.74) is 3.33. The first kappa shape index (κ1) is 19.6. The number of hydrogen-bond acceptors (Lipinski definition) is 3. The van der Waals surface area contributed by atoms with Crippen LogP contribution in [0.1, 0.15) is 49.7 Å². The molecular formula is C22H26N4O2. The minimum atomic E-state index is -0.446. The van der Waals surface area contributed by atoms with Crippen LogP contribution in [0.2, 0.25) is 0 Å². The number of rotatable bonds is 4. The van der Waals surface area contributed by atoms with E-state index in [1.807, 2.05) is 63.5 Å². The number of nitrogens with zero attached hydrogens (tertiary/aromatic N) is 2. The Morgan fingerprint density at radius 3 is 2.50 bits per heavy atom. The molecule has 6 heteroatoms. The zero-order chi connectivity index (χ0) is 20.5. The predicted molar refractivity (Wildman–Crippen MR) is 111 cm³/mol. The molecule has 0 unspecified atom stereocenters. The van der Waals surface area contributed by atoms with Crippen molar-refractivity contribution in [2.24, 2.45) is 0 Å². The molecule has 2 amide bonds. The van der Waals surface area contributed by atoms with Gasteiger partial charge in [0, 0.05) is 16.8 Å². The molecule has 0 aliphatic rings. The van der Waals surface area contributed by atoms with Crippen LogP contribution in [0.3, 0.4) is 0 Å². The number of carbonyl (C=O) groups is 2. The van der Waals surface area contributed by atoms with E-state index in [-0.39, 0.29) is 17.4 Å². The summed E-state index contributed by atoms with van der Waals surface area (Å²) in [4.78, 5) is 29.8. The average Bonchev–Trinajstić information content (AvgIpc) is 3.05. The van der Waals surface area contributed by atoms with Gasteiger partial charge >= 0.3 is 0 Å². The number of nitrogens with one attached hydrogen (secondary N) is 2. The average molecular weight is 378 g/mol. The Bertz CT molecular complexity index is 1030. The van der Waals surface area contributed by atoms with Gasteiger partial charge in [0.2, 0.25) is 5.91 Å². The molecule has 0 spiro atoms. The Morgan fingerprint density at radius 1 is 1.07 bits per heavy atom. The molecule has 0 aliphatic carbocycles. The second-order valence-electron chi connectivity index (χ2n) is 7.99. The molecular weight excluding hydrogens is 352 g/mol. The normalized spacial score (nSPS) is 12.6. The number of carbonyl (C=O) groups excluding carboxylic acids is 2. The molecule has 28 heavy (non-hydrogen) atoms. The second-order valence-corrected chi connectivity index (χ2v) is 7.99. The Hall–Kier alpha value is -3.15. The first-order valence-electron chi connectivity index (χ1n) is 9.32. The number of fused-ring (bicyclic) bond motifs is 1. The van der Waals surface area contributed by atoms with Gasteiger partial charge in [-0.1, -0.05) is 18.2 Å². The van der Waals surface area contributed by atoms with E-state index < -0.39 is 6.04 Å². The fourth-order valence-electron chi connectivity index (χ4n) is 3.08. The van der Waals surface area contributed by atoms with Gasteiger partial charge in [-0.2, -0.15) is 0 Å². The smallest absolute Gasteiger partial charge is 0.252 e. The van der Waals surface area contributed by atoms with Gasteiger partial charge in [-0.15, -0.1) is 0 Å². The van der Waals surface area contributed by atoms with Gasteiger partial charge in [0.05, 0.1) is 17.4 Å². The first-order chi connectivity index (χ1) is 13.2. The zero-order valence-electron chi connectivity index (χ0n) is 16.9. The lowest BCUT2D eigenvalue weighted by Crippen LogP contribution is -2.40. The topological polar surface area (TPSA) is 76.0 Å². The molecule has 0 bridgehead atoms. The van der Waals surface area contributed by atoms with Crippen LogP contribution in [-0.2, 0) is 4.79 Å². The largest absolute Gasteiger partial charge is 0.347 e. The number of amides is 2. The summed E-state index contributed by atoms with van der Waals surface area (Å²) in [6.45, 7) is 9.47. The van der Waals surface area contributed by atoms with Gasteiger partial charge < -0.3 is 15.2 Å². The van der Waals surface area contributed by atoms with Crippen LogP contribution in [0.15, 0.2) is 48.8 Å². The van der Waals surface area contributed by atoms with Crippen molar-refractivity contribution in [3.63, 3.8) is 0 Å². The van der Waals surface area contributed by atoms with Crippen LogP contribution >= 0.6 is 0 Å². The molecule has 1 heterocycles. The summed E-state index contributed by atoms with van der Waals surface area (Å²) >= 11 is 0. The van der Waals surface area contributed by atoms with Gasteiger partial charge in [0.25, 0.3) is 5.91 Å². The molecule has 0 saturated carbocycles. The summed E-state index contributed by atoms with van der Waals surface area (Å²) in [5.74, 6) is -0.325. The van der Waals surface area contributed by atoms with Gasteiger partial charge in [-0.05, 0) is 64.4 Å². The second kappa shape index (κ2) is 7.46. The maximum absolute atomic E-state index is 12.9. The minimum absolute atomic E-state index is 0.158. The van der Waals surface area contributed by atoms with Crippen molar-refractivity contribution in [3.05, 3.63) is 59.9 Å². The molecule has 0 saturated heterocycles. The van der Waals surface area contributed by atoms with Gasteiger partial charge in [-0.25, -0.2) is 4.98 Å². The molecule has 6 nitrogen and oxygen atoms in total. The third kappa shape index (κ3) is 4.06. The Kier molecular flexibility index (Phi) is 5.23. The molecule has 2 N–H and O–H groups in total. The Balaban J connectivity index is 1.82. The summed E-state index contributed by atoms with van der Waals surface area (Å²) in [5, 5.41) is 5.91. The number of imidazole rings is 1. The predicted octanol–water partition coefficient (Wildman–Crippen LogP) is 4.07. The van der Waals surface area contributed by atoms with E-state index in [0.717, 1.165) is 16.6 Å². The van der Waals surface area contributed by atoms with Crippen molar-refractivity contribution in [1.29, 1.82) is 0 Å². The van der Waals surface area contributed by atoms with Crippen molar-refractivity contribution in [3.8, 4) is 0 Å². The third-order valence-corrected chi connectivity index (χ3v) is 4.60.